The first kappa shape index (κ1) is 19.5. The number of anilines is 2. The summed E-state index contributed by atoms with van der Waals surface area (Å²) in [6.45, 7) is 2.71. The van der Waals surface area contributed by atoms with Gasteiger partial charge in [-0.2, -0.15) is 0 Å². The Bertz CT molecular complexity index is 1190. The zero-order chi connectivity index (χ0) is 22.4. The minimum atomic E-state index is -1.12. The molecule has 4 heterocycles. The summed E-state index contributed by atoms with van der Waals surface area (Å²) in [7, 11) is 3.32. The average molecular weight is 431 g/mol. The van der Waals surface area contributed by atoms with Crippen molar-refractivity contribution in [1.82, 2.24) is 4.90 Å². The molecule has 4 atom stereocenters. The van der Waals surface area contributed by atoms with Crippen LogP contribution in [0.25, 0.3) is 0 Å². The Morgan fingerprint density at radius 2 is 1.88 bits per heavy atom. The molecule has 0 aliphatic carbocycles. The molecule has 7 heteroatoms. The van der Waals surface area contributed by atoms with Gasteiger partial charge in [-0.05, 0) is 44.5 Å². The Balaban J connectivity index is 1.57. The van der Waals surface area contributed by atoms with E-state index in [2.05, 4.69) is 4.90 Å². The molecule has 0 aromatic heterocycles. The van der Waals surface area contributed by atoms with Gasteiger partial charge in [-0.3, -0.25) is 19.3 Å². The summed E-state index contributed by atoms with van der Waals surface area (Å²) in [6, 6.07) is 12.9. The number of aryl methyl sites for hydroxylation is 1. The van der Waals surface area contributed by atoms with E-state index in [1.165, 1.54) is 4.90 Å². The monoisotopic (exact) mass is 431 g/mol. The standard InChI is InChI=1S/C25H25N3O4/c1-14-9-10-18-17(12-14)25(24(31)26(18)2)21-20(19-8-5-11-27(19)25)22(29)28(23(21)30)15-6-4-7-16(13-15)32-3/h4,6-7,9-10,12-13,19-21H,5,8,11H2,1-3H3. The second kappa shape index (κ2) is 6.42. The molecule has 3 fully saturated rings. The van der Waals surface area contributed by atoms with Gasteiger partial charge in [0.1, 0.15) is 11.3 Å². The van der Waals surface area contributed by atoms with Crippen LogP contribution in [-0.4, -0.2) is 49.4 Å². The van der Waals surface area contributed by atoms with Crippen LogP contribution in [0.5, 0.6) is 5.75 Å². The third-order valence-corrected chi connectivity index (χ3v) is 7.83. The van der Waals surface area contributed by atoms with Crippen LogP contribution in [0, 0.1) is 18.8 Å². The van der Waals surface area contributed by atoms with Gasteiger partial charge >= 0.3 is 0 Å². The molecule has 2 aromatic rings. The summed E-state index contributed by atoms with van der Waals surface area (Å²) in [6.07, 6.45) is 1.72. The first-order valence-corrected chi connectivity index (χ1v) is 11.1. The molecule has 0 saturated carbocycles. The van der Waals surface area contributed by atoms with Gasteiger partial charge in [-0.15, -0.1) is 0 Å². The minimum Gasteiger partial charge on any atom is -0.497 e. The lowest BCUT2D eigenvalue weighted by Gasteiger charge is -2.37. The SMILES string of the molecule is COc1cccc(N2C(=O)C3C4CCCN4C4(C(=O)N(C)c5ccc(C)cc54)C3C2=O)c1. The molecule has 0 bridgehead atoms. The van der Waals surface area contributed by atoms with Crippen LogP contribution in [0.15, 0.2) is 42.5 Å². The Morgan fingerprint density at radius 1 is 1.06 bits per heavy atom. The van der Waals surface area contributed by atoms with Crippen molar-refractivity contribution in [2.24, 2.45) is 11.8 Å². The fraction of sp³-hybridized carbons (Fsp3) is 0.400. The van der Waals surface area contributed by atoms with Crippen LogP contribution in [0.1, 0.15) is 24.0 Å². The lowest BCUT2D eigenvalue weighted by Crippen LogP contribution is -2.55. The maximum atomic E-state index is 14.0. The van der Waals surface area contributed by atoms with Crippen molar-refractivity contribution in [3.05, 3.63) is 53.6 Å². The molecule has 164 valence electrons. The van der Waals surface area contributed by atoms with Crippen LogP contribution in [0.3, 0.4) is 0 Å². The molecule has 6 rings (SSSR count). The van der Waals surface area contributed by atoms with Gasteiger partial charge in [0.2, 0.25) is 11.8 Å². The number of hydrogen-bond acceptors (Lipinski definition) is 5. The lowest BCUT2D eigenvalue weighted by atomic mass is 9.75. The van der Waals surface area contributed by atoms with Crippen molar-refractivity contribution in [3.8, 4) is 5.75 Å². The minimum absolute atomic E-state index is 0.105. The largest absolute Gasteiger partial charge is 0.497 e. The van der Waals surface area contributed by atoms with Crippen molar-refractivity contribution in [2.75, 3.05) is 30.5 Å². The maximum Gasteiger partial charge on any atom is 0.252 e. The average Bonchev–Trinajstić information content (AvgIpc) is 3.48. The van der Waals surface area contributed by atoms with Crippen molar-refractivity contribution in [3.63, 3.8) is 0 Å². The zero-order valence-corrected chi connectivity index (χ0v) is 18.4. The summed E-state index contributed by atoms with van der Waals surface area (Å²) in [5.41, 5.74) is 2.09. The van der Waals surface area contributed by atoms with E-state index in [4.69, 9.17) is 4.74 Å². The normalized spacial score (nSPS) is 31.0. The van der Waals surface area contributed by atoms with E-state index in [1.807, 2.05) is 25.1 Å². The van der Waals surface area contributed by atoms with Gasteiger partial charge in [0.15, 0.2) is 0 Å². The number of carbonyl (C=O) groups is 3. The van der Waals surface area contributed by atoms with Gasteiger partial charge < -0.3 is 9.64 Å². The van der Waals surface area contributed by atoms with Gasteiger partial charge in [0, 0.05) is 30.4 Å². The summed E-state index contributed by atoms with van der Waals surface area (Å²) in [4.78, 5) is 46.8. The molecule has 3 saturated heterocycles. The predicted molar refractivity (Wildman–Crippen MR) is 118 cm³/mol. The number of imide groups is 1. The second-order valence-corrected chi connectivity index (χ2v) is 9.27. The number of ether oxygens (including phenoxy) is 1. The van der Waals surface area contributed by atoms with Crippen LogP contribution in [0.4, 0.5) is 11.4 Å². The molecule has 0 N–H and O–H groups in total. The highest BCUT2D eigenvalue weighted by Crippen LogP contribution is 2.61. The van der Waals surface area contributed by atoms with Crippen molar-refractivity contribution >= 4 is 29.1 Å². The first-order chi connectivity index (χ1) is 15.4. The third kappa shape index (κ3) is 2.12. The van der Waals surface area contributed by atoms with Crippen LogP contribution >= 0.6 is 0 Å². The molecule has 4 aliphatic rings. The van der Waals surface area contributed by atoms with Gasteiger partial charge in [0.25, 0.3) is 5.91 Å². The summed E-state index contributed by atoms with van der Waals surface area (Å²) >= 11 is 0. The quantitative estimate of drug-likeness (QED) is 0.684. The number of carbonyl (C=O) groups excluding carboxylic acids is 3. The highest BCUT2D eigenvalue weighted by molar-refractivity contribution is 6.26. The number of rotatable bonds is 2. The molecule has 4 unspecified atom stereocenters. The maximum absolute atomic E-state index is 14.0. The first-order valence-electron chi connectivity index (χ1n) is 11.1. The molecule has 1 spiro atoms. The number of hydrogen-bond donors (Lipinski definition) is 0. The van der Waals surface area contributed by atoms with E-state index in [-0.39, 0.29) is 23.8 Å². The number of fused-ring (bicyclic) bond motifs is 7. The molecular weight excluding hydrogens is 406 g/mol. The smallest absolute Gasteiger partial charge is 0.252 e. The molecule has 3 amide bonds. The lowest BCUT2D eigenvalue weighted by molar-refractivity contribution is -0.136. The van der Waals surface area contributed by atoms with E-state index in [9.17, 15) is 14.4 Å². The van der Waals surface area contributed by atoms with E-state index < -0.39 is 17.4 Å². The van der Waals surface area contributed by atoms with E-state index in [1.54, 1.807) is 43.3 Å². The Hall–Kier alpha value is -3.19. The molecule has 32 heavy (non-hydrogen) atoms. The predicted octanol–water partition coefficient (Wildman–Crippen LogP) is 2.46. The summed E-state index contributed by atoms with van der Waals surface area (Å²) in [5.74, 6) is -1.29. The van der Waals surface area contributed by atoms with Gasteiger partial charge in [0.05, 0.1) is 24.6 Å². The highest BCUT2D eigenvalue weighted by Gasteiger charge is 2.75. The van der Waals surface area contributed by atoms with Gasteiger partial charge in [-0.25, -0.2) is 4.90 Å². The number of likely N-dealkylation sites (N-methyl/N-ethyl adjacent to an activating group) is 1. The fourth-order valence-corrected chi connectivity index (χ4v) is 6.61. The molecule has 0 radical (unpaired) electrons. The fourth-order valence-electron chi connectivity index (χ4n) is 6.61. The number of nitrogens with zero attached hydrogens (tertiary/aromatic N) is 3. The molecule has 4 aliphatic heterocycles. The number of amides is 3. The van der Waals surface area contributed by atoms with Crippen molar-refractivity contribution < 1.29 is 19.1 Å². The van der Waals surface area contributed by atoms with E-state index in [0.29, 0.717) is 18.0 Å². The van der Waals surface area contributed by atoms with Crippen LogP contribution < -0.4 is 14.5 Å². The molecule has 7 nitrogen and oxygen atoms in total. The van der Waals surface area contributed by atoms with Gasteiger partial charge in [-0.1, -0.05) is 23.8 Å². The van der Waals surface area contributed by atoms with E-state index >= 15 is 0 Å². The molecular formula is C25H25N3O4. The Kier molecular flexibility index (Phi) is 3.91. The topological polar surface area (TPSA) is 70.2 Å². The Morgan fingerprint density at radius 3 is 2.66 bits per heavy atom. The number of benzene rings is 2. The van der Waals surface area contributed by atoms with Crippen LogP contribution in [-0.2, 0) is 19.9 Å². The van der Waals surface area contributed by atoms with Crippen LogP contribution in [0.2, 0.25) is 0 Å². The third-order valence-electron chi connectivity index (χ3n) is 7.83. The summed E-state index contributed by atoms with van der Waals surface area (Å²) < 4.78 is 5.31. The second-order valence-electron chi connectivity index (χ2n) is 9.27. The summed E-state index contributed by atoms with van der Waals surface area (Å²) in [5, 5.41) is 0. The van der Waals surface area contributed by atoms with Crippen molar-refractivity contribution in [2.45, 2.75) is 31.3 Å². The number of methoxy groups -OCH3 is 1. The van der Waals surface area contributed by atoms with Crippen molar-refractivity contribution in [1.29, 1.82) is 0 Å². The zero-order valence-electron chi connectivity index (χ0n) is 18.4. The Labute approximate surface area is 186 Å². The van der Waals surface area contributed by atoms with E-state index in [0.717, 1.165) is 29.7 Å². The molecule has 2 aromatic carbocycles. The highest BCUT2D eigenvalue weighted by atomic mass is 16.5.